The van der Waals surface area contributed by atoms with E-state index < -0.39 is 17.7 Å². The molecule has 152 valence electrons. The third-order valence-corrected chi connectivity index (χ3v) is 6.36. The number of hydrogen-bond donors (Lipinski definition) is 1. The Kier molecular flexibility index (Phi) is 5.10. The predicted octanol–water partition coefficient (Wildman–Crippen LogP) is 4.90. The zero-order valence-electron chi connectivity index (χ0n) is 15.9. The third-order valence-electron chi connectivity index (χ3n) is 5.31. The van der Waals surface area contributed by atoms with Crippen LogP contribution in [0.25, 0.3) is 0 Å². The van der Waals surface area contributed by atoms with Gasteiger partial charge in [-0.25, -0.2) is 0 Å². The number of hydrogen-bond acceptors (Lipinski definition) is 3. The molecule has 9 heteroatoms. The summed E-state index contributed by atoms with van der Waals surface area (Å²) in [7, 11) is 3.43. The molecule has 1 fully saturated rings. The summed E-state index contributed by atoms with van der Waals surface area (Å²) < 4.78 is 6.46. The molecule has 0 spiro atoms. The fourth-order valence-electron chi connectivity index (χ4n) is 4.04. The lowest BCUT2D eigenvalue weighted by atomic mass is 9.78. The number of rotatable bonds is 2. The van der Waals surface area contributed by atoms with E-state index in [0.717, 1.165) is 5.69 Å². The second kappa shape index (κ2) is 7.20. The normalized spacial score (nSPS) is 25.0. The SMILES string of the molecule is CN(C)C(=O)C1C2NC(=S)N(c3ccc(Cl)cc3)C1(C)Oc1c(Cl)cc(Cl)cc12. The van der Waals surface area contributed by atoms with E-state index in [1.807, 2.05) is 19.1 Å². The molecular formula is C20H18Cl3N3O2S. The molecule has 2 bridgehead atoms. The average molecular weight is 471 g/mol. The van der Waals surface area contributed by atoms with E-state index in [1.165, 1.54) is 0 Å². The number of amides is 1. The van der Waals surface area contributed by atoms with Crippen molar-refractivity contribution in [2.45, 2.75) is 18.7 Å². The summed E-state index contributed by atoms with van der Waals surface area (Å²) in [6.45, 7) is 1.85. The second-order valence-electron chi connectivity index (χ2n) is 7.41. The van der Waals surface area contributed by atoms with Gasteiger partial charge in [0.05, 0.1) is 11.1 Å². The van der Waals surface area contributed by atoms with Crippen LogP contribution in [0.15, 0.2) is 36.4 Å². The molecule has 2 aromatic rings. The Bertz CT molecular complexity index is 1010. The van der Waals surface area contributed by atoms with Crippen LogP contribution in [0.1, 0.15) is 18.5 Å². The van der Waals surface area contributed by atoms with Crippen molar-refractivity contribution in [3.8, 4) is 5.75 Å². The molecule has 0 aliphatic carbocycles. The van der Waals surface area contributed by atoms with E-state index in [-0.39, 0.29) is 5.91 Å². The standard InChI is InChI=1S/C20H18Cl3N3O2S/c1-20-15(18(27)25(2)3)16(13-8-11(22)9-14(23)17(13)28-20)24-19(29)26(20)12-6-4-10(21)5-7-12/h4-9,15-16H,1-3H3,(H,24,29). The molecule has 1 N–H and O–H groups in total. The molecule has 5 nitrogen and oxygen atoms in total. The topological polar surface area (TPSA) is 44.8 Å². The summed E-state index contributed by atoms with van der Waals surface area (Å²) in [6.07, 6.45) is 0. The largest absolute Gasteiger partial charge is 0.465 e. The lowest BCUT2D eigenvalue weighted by Crippen LogP contribution is -2.72. The minimum atomic E-state index is -1.12. The molecule has 29 heavy (non-hydrogen) atoms. The highest BCUT2D eigenvalue weighted by molar-refractivity contribution is 7.80. The van der Waals surface area contributed by atoms with Gasteiger partial charge in [-0.1, -0.05) is 34.8 Å². The van der Waals surface area contributed by atoms with Crippen molar-refractivity contribution in [3.05, 3.63) is 57.0 Å². The van der Waals surface area contributed by atoms with E-state index in [1.54, 1.807) is 48.2 Å². The van der Waals surface area contributed by atoms with Crippen LogP contribution in [0, 0.1) is 5.92 Å². The molecule has 1 amide bonds. The highest BCUT2D eigenvalue weighted by Gasteiger charge is 2.59. The number of thiocarbonyl (C=S) groups is 1. The Morgan fingerprint density at radius 1 is 1.17 bits per heavy atom. The summed E-state index contributed by atoms with van der Waals surface area (Å²) in [5.74, 6) is -0.226. The summed E-state index contributed by atoms with van der Waals surface area (Å²) in [6, 6.07) is 10.1. The first-order chi connectivity index (χ1) is 13.6. The van der Waals surface area contributed by atoms with Crippen LogP contribution in [-0.2, 0) is 4.79 Å². The second-order valence-corrected chi connectivity index (χ2v) is 9.08. The Labute approximate surface area is 189 Å². The van der Waals surface area contributed by atoms with Gasteiger partial charge in [-0.15, -0.1) is 0 Å². The van der Waals surface area contributed by atoms with Crippen LogP contribution in [0.3, 0.4) is 0 Å². The van der Waals surface area contributed by atoms with E-state index in [2.05, 4.69) is 5.32 Å². The number of ether oxygens (including phenoxy) is 1. The van der Waals surface area contributed by atoms with Gasteiger partial charge in [0.1, 0.15) is 11.7 Å². The monoisotopic (exact) mass is 469 g/mol. The average Bonchev–Trinajstić information content (AvgIpc) is 2.63. The fraction of sp³-hybridized carbons (Fsp3) is 0.300. The summed E-state index contributed by atoms with van der Waals surface area (Å²) in [5, 5.41) is 5.19. The fourth-order valence-corrected chi connectivity index (χ4v) is 5.12. The smallest absolute Gasteiger partial charge is 0.233 e. The number of halogens is 3. The minimum absolute atomic E-state index is 0.104. The Hall–Kier alpha value is -1.73. The molecule has 3 atom stereocenters. The van der Waals surface area contributed by atoms with Crippen molar-refractivity contribution in [2.75, 3.05) is 19.0 Å². The summed E-state index contributed by atoms with van der Waals surface area (Å²) in [5.41, 5.74) is 0.336. The molecule has 1 saturated heterocycles. The van der Waals surface area contributed by atoms with E-state index in [0.29, 0.717) is 31.5 Å². The maximum atomic E-state index is 13.3. The van der Waals surface area contributed by atoms with Crippen LogP contribution in [0.4, 0.5) is 5.69 Å². The van der Waals surface area contributed by atoms with Crippen molar-refractivity contribution in [2.24, 2.45) is 5.92 Å². The van der Waals surface area contributed by atoms with Gasteiger partial charge in [-0.3, -0.25) is 9.69 Å². The lowest BCUT2D eigenvalue weighted by Gasteiger charge is -2.56. The number of fused-ring (bicyclic) bond motifs is 4. The van der Waals surface area contributed by atoms with Gasteiger partial charge in [0.15, 0.2) is 10.8 Å². The molecule has 2 heterocycles. The maximum Gasteiger partial charge on any atom is 0.233 e. The van der Waals surface area contributed by atoms with Crippen LogP contribution in [-0.4, -0.2) is 35.7 Å². The van der Waals surface area contributed by atoms with Gasteiger partial charge in [0, 0.05) is 35.4 Å². The number of nitrogens with zero attached hydrogens (tertiary/aromatic N) is 2. The number of carbonyl (C=O) groups excluding carboxylic acids is 1. The zero-order valence-corrected chi connectivity index (χ0v) is 19.0. The van der Waals surface area contributed by atoms with Crippen molar-refractivity contribution >= 4 is 63.7 Å². The molecule has 2 aromatic carbocycles. The molecule has 0 aromatic heterocycles. The number of anilines is 1. The van der Waals surface area contributed by atoms with Gasteiger partial charge in [-0.2, -0.15) is 0 Å². The van der Waals surface area contributed by atoms with Crippen molar-refractivity contribution in [1.82, 2.24) is 10.2 Å². The number of nitrogens with one attached hydrogen (secondary N) is 1. The van der Waals surface area contributed by atoms with Crippen LogP contribution in [0.2, 0.25) is 15.1 Å². The molecule has 2 aliphatic heterocycles. The van der Waals surface area contributed by atoms with Gasteiger partial charge in [0.2, 0.25) is 5.91 Å². The summed E-state index contributed by atoms with van der Waals surface area (Å²) >= 11 is 24.4. The first-order valence-electron chi connectivity index (χ1n) is 8.89. The van der Waals surface area contributed by atoms with Crippen LogP contribution < -0.4 is 15.0 Å². The Balaban J connectivity index is 1.94. The highest BCUT2D eigenvalue weighted by Crippen LogP contribution is 2.52. The lowest BCUT2D eigenvalue weighted by molar-refractivity contribution is -0.144. The molecule has 2 aliphatic rings. The highest BCUT2D eigenvalue weighted by atomic mass is 35.5. The van der Waals surface area contributed by atoms with Gasteiger partial charge in [-0.05, 0) is 55.5 Å². The zero-order chi connectivity index (χ0) is 21.1. The summed E-state index contributed by atoms with van der Waals surface area (Å²) in [4.78, 5) is 16.6. The van der Waals surface area contributed by atoms with Crippen molar-refractivity contribution in [3.63, 3.8) is 0 Å². The Morgan fingerprint density at radius 3 is 2.45 bits per heavy atom. The van der Waals surface area contributed by atoms with Crippen molar-refractivity contribution in [1.29, 1.82) is 0 Å². The van der Waals surface area contributed by atoms with E-state index >= 15 is 0 Å². The molecular weight excluding hydrogens is 453 g/mol. The number of carbonyl (C=O) groups is 1. The van der Waals surface area contributed by atoms with Crippen LogP contribution in [0.5, 0.6) is 5.75 Å². The van der Waals surface area contributed by atoms with E-state index in [4.69, 9.17) is 51.8 Å². The third kappa shape index (κ3) is 3.22. The predicted molar refractivity (Wildman–Crippen MR) is 120 cm³/mol. The first kappa shape index (κ1) is 20.5. The minimum Gasteiger partial charge on any atom is -0.465 e. The van der Waals surface area contributed by atoms with E-state index in [9.17, 15) is 4.79 Å². The van der Waals surface area contributed by atoms with Crippen LogP contribution >= 0.6 is 47.0 Å². The van der Waals surface area contributed by atoms with Gasteiger partial charge >= 0.3 is 0 Å². The number of benzene rings is 2. The maximum absolute atomic E-state index is 13.3. The first-order valence-corrected chi connectivity index (χ1v) is 10.4. The Morgan fingerprint density at radius 2 is 1.83 bits per heavy atom. The van der Waals surface area contributed by atoms with Gasteiger partial charge in [0.25, 0.3) is 0 Å². The molecule has 0 saturated carbocycles. The quantitative estimate of drug-likeness (QED) is 0.633. The molecule has 4 rings (SSSR count). The molecule has 3 unspecified atom stereocenters. The molecule has 0 radical (unpaired) electrons. The van der Waals surface area contributed by atoms with Gasteiger partial charge < -0.3 is 15.0 Å². The van der Waals surface area contributed by atoms with Crippen molar-refractivity contribution < 1.29 is 9.53 Å².